The molecule has 0 aromatic carbocycles. The Morgan fingerprint density at radius 2 is 1.84 bits per heavy atom. The first-order chi connectivity index (χ1) is 8.90. The highest BCUT2D eigenvalue weighted by Crippen LogP contribution is 2.40. The molecule has 1 N–H and O–H groups in total. The van der Waals surface area contributed by atoms with Gasteiger partial charge in [0.15, 0.2) is 0 Å². The third-order valence-electron chi connectivity index (χ3n) is 4.24. The zero-order chi connectivity index (χ0) is 14.0. The molecule has 2 saturated heterocycles. The summed E-state index contributed by atoms with van der Waals surface area (Å²) in [6, 6.07) is 0.825. The molecule has 1 amide bonds. The van der Waals surface area contributed by atoms with Crippen LogP contribution in [0.5, 0.6) is 0 Å². The molecule has 110 valence electrons. The first kappa shape index (κ1) is 14.6. The number of hydrogen-bond donors (Lipinski definition) is 1. The molecule has 0 aromatic rings. The zero-order valence-corrected chi connectivity index (χ0v) is 12.7. The lowest BCUT2D eigenvalue weighted by atomic mass is 9.88. The average molecular weight is 268 g/mol. The molecule has 0 saturated carbocycles. The van der Waals surface area contributed by atoms with Crippen molar-refractivity contribution in [3.8, 4) is 0 Å². The van der Waals surface area contributed by atoms with E-state index in [-0.39, 0.29) is 11.7 Å². The molecule has 2 aliphatic heterocycles. The molecule has 2 unspecified atom stereocenters. The highest BCUT2D eigenvalue weighted by molar-refractivity contribution is 5.69. The predicted octanol–water partition coefficient (Wildman–Crippen LogP) is 2.77. The van der Waals surface area contributed by atoms with Crippen molar-refractivity contribution >= 4 is 6.09 Å². The van der Waals surface area contributed by atoms with Crippen molar-refractivity contribution in [1.29, 1.82) is 0 Å². The molecule has 2 rings (SSSR count). The third-order valence-corrected chi connectivity index (χ3v) is 4.24. The standard InChI is InChI=1S/C15H28N2O2/c1-15(2,3)19-14(18)17-12-5-6-13(17)10-11(9-12)7-8-16-4/h11-13,16H,5-10H2,1-4H3/t11?,12-,13?/m0/s1. The largest absolute Gasteiger partial charge is 0.444 e. The van der Waals surface area contributed by atoms with Crippen LogP contribution in [0.3, 0.4) is 0 Å². The Morgan fingerprint density at radius 1 is 1.26 bits per heavy atom. The quantitative estimate of drug-likeness (QED) is 0.855. The van der Waals surface area contributed by atoms with Crippen molar-refractivity contribution in [3.05, 3.63) is 0 Å². The Bertz CT molecular complexity index is 311. The number of nitrogens with zero attached hydrogens (tertiary/aromatic N) is 1. The van der Waals surface area contributed by atoms with E-state index in [4.69, 9.17) is 4.74 Å². The van der Waals surface area contributed by atoms with Crippen LogP contribution in [-0.2, 0) is 4.74 Å². The molecule has 3 atom stereocenters. The van der Waals surface area contributed by atoms with Crippen LogP contribution in [0.15, 0.2) is 0 Å². The van der Waals surface area contributed by atoms with E-state index in [1.807, 2.05) is 32.7 Å². The number of nitrogens with one attached hydrogen (secondary N) is 1. The number of fused-ring (bicyclic) bond motifs is 2. The summed E-state index contributed by atoms with van der Waals surface area (Å²) in [4.78, 5) is 14.3. The maximum absolute atomic E-state index is 12.3. The van der Waals surface area contributed by atoms with Gasteiger partial charge in [-0.15, -0.1) is 0 Å². The number of amides is 1. The van der Waals surface area contributed by atoms with Crippen LogP contribution in [0.2, 0.25) is 0 Å². The van der Waals surface area contributed by atoms with Crippen LogP contribution >= 0.6 is 0 Å². The van der Waals surface area contributed by atoms with Crippen molar-refractivity contribution in [1.82, 2.24) is 10.2 Å². The molecule has 4 nitrogen and oxygen atoms in total. The fourth-order valence-corrected chi connectivity index (χ4v) is 3.49. The fourth-order valence-electron chi connectivity index (χ4n) is 3.49. The van der Waals surface area contributed by atoms with Gasteiger partial charge in [-0.2, -0.15) is 0 Å². The molecule has 2 bridgehead atoms. The summed E-state index contributed by atoms with van der Waals surface area (Å²) in [5.41, 5.74) is -0.389. The van der Waals surface area contributed by atoms with Crippen LogP contribution in [-0.4, -0.2) is 42.3 Å². The minimum atomic E-state index is -0.389. The molecule has 0 radical (unpaired) electrons. The second kappa shape index (κ2) is 5.70. The Morgan fingerprint density at radius 3 is 2.32 bits per heavy atom. The minimum absolute atomic E-state index is 0.105. The van der Waals surface area contributed by atoms with Crippen molar-refractivity contribution in [3.63, 3.8) is 0 Å². The fraction of sp³-hybridized carbons (Fsp3) is 0.933. The minimum Gasteiger partial charge on any atom is -0.444 e. The number of carbonyl (C=O) groups is 1. The molecule has 4 heteroatoms. The maximum atomic E-state index is 12.3. The number of hydrogen-bond acceptors (Lipinski definition) is 3. The van der Waals surface area contributed by atoms with E-state index in [1.54, 1.807) is 0 Å². The molecule has 2 aliphatic rings. The number of ether oxygens (including phenoxy) is 1. The van der Waals surface area contributed by atoms with E-state index >= 15 is 0 Å². The van der Waals surface area contributed by atoms with E-state index in [0.717, 1.165) is 38.1 Å². The first-order valence-corrected chi connectivity index (χ1v) is 7.56. The zero-order valence-electron chi connectivity index (χ0n) is 12.7. The van der Waals surface area contributed by atoms with Gasteiger partial charge < -0.3 is 15.0 Å². The van der Waals surface area contributed by atoms with E-state index in [9.17, 15) is 4.79 Å². The van der Waals surface area contributed by atoms with E-state index < -0.39 is 0 Å². The number of rotatable bonds is 3. The summed E-state index contributed by atoms with van der Waals surface area (Å²) in [7, 11) is 2.00. The summed E-state index contributed by atoms with van der Waals surface area (Å²) in [5.74, 6) is 0.767. The highest BCUT2D eigenvalue weighted by Gasteiger charge is 2.44. The molecule has 0 spiro atoms. The van der Waals surface area contributed by atoms with Crippen molar-refractivity contribution in [2.75, 3.05) is 13.6 Å². The monoisotopic (exact) mass is 268 g/mol. The molecule has 0 aliphatic carbocycles. The summed E-state index contributed by atoms with van der Waals surface area (Å²) in [6.45, 7) is 6.89. The van der Waals surface area contributed by atoms with Gasteiger partial charge in [0.05, 0.1) is 0 Å². The Balaban J connectivity index is 1.93. The van der Waals surface area contributed by atoms with Gasteiger partial charge in [-0.3, -0.25) is 0 Å². The van der Waals surface area contributed by atoms with Crippen LogP contribution in [0.4, 0.5) is 4.79 Å². The van der Waals surface area contributed by atoms with Gasteiger partial charge in [-0.05, 0) is 72.4 Å². The van der Waals surface area contributed by atoms with Crippen molar-refractivity contribution < 1.29 is 9.53 Å². The van der Waals surface area contributed by atoms with Gasteiger partial charge in [0.2, 0.25) is 0 Å². The second-order valence-electron chi connectivity index (χ2n) is 7.00. The molecule has 19 heavy (non-hydrogen) atoms. The Labute approximate surface area is 116 Å². The maximum Gasteiger partial charge on any atom is 0.410 e. The lowest BCUT2D eigenvalue weighted by molar-refractivity contribution is 0.00170. The lowest BCUT2D eigenvalue weighted by Gasteiger charge is -2.39. The van der Waals surface area contributed by atoms with Gasteiger partial charge in [0, 0.05) is 12.1 Å². The topological polar surface area (TPSA) is 41.6 Å². The number of piperidine rings is 1. The van der Waals surface area contributed by atoms with E-state index in [0.29, 0.717) is 12.1 Å². The molecular formula is C15H28N2O2. The summed E-state index contributed by atoms with van der Waals surface area (Å²) < 4.78 is 5.55. The number of carbonyl (C=O) groups excluding carboxylic acids is 1. The van der Waals surface area contributed by atoms with Gasteiger partial charge >= 0.3 is 6.09 Å². The highest BCUT2D eigenvalue weighted by atomic mass is 16.6. The van der Waals surface area contributed by atoms with Crippen molar-refractivity contribution in [2.45, 2.75) is 70.6 Å². The predicted molar refractivity (Wildman–Crippen MR) is 76.2 cm³/mol. The second-order valence-corrected chi connectivity index (χ2v) is 7.00. The Hall–Kier alpha value is -0.770. The summed E-state index contributed by atoms with van der Waals surface area (Å²) in [6.07, 6.45) is 5.73. The van der Waals surface area contributed by atoms with Gasteiger partial charge in [0.25, 0.3) is 0 Å². The van der Waals surface area contributed by atoms with Crippen LogP contribution in [0.1, 0.15) is 52.9 Å². The van der Waals surface area contributed by atoms with Crippen LogP contribution in [0, 0.1) is 5.92 Å². The Kier molecular flexibility index (Phi) is 4.39. The molecular weight excluding hydrogens is 240 g/mol. The molecule has 2 heterocycles. The summed E-state index contributed by atoms with van der Waals surface area (Å²) in [5, 5.41) is 3.22. The normalized spacial score (nSPS) is 30.5. The average Bonchev–Trinajstić information content (AvgIpc) is 2.56. The van der Waals surface area contributed by atoms with Gasteiger partial charge in [0.1, 0.15) is 5.60 Å². The summed E-state index contributed by atoms with van der Waals surface area (Å²) >= 11 is 0. The smallest absolute Gasteiger partial charge is 0.410 e. The lowest BCUT2D eigenvalue weighted by Crippen LogP contribution is -2.48. The van der Waals surface area contributed by atoms with Gasteiger partial charge in [-0.25, -0.2) is 4.79 Å². The van der Waals surface area contributed by atoms with Crippen LogP contribution in [0.25, 0.3) is 0 Å². The van der Waals surface area contributed by atoms with E-state index in [2.05, 4.69) is 5.32 Å². The molecule has 0 aromatic heterocycles. The first-order valence-electron chi connectivity index (χ1n) is 7.56. The van der Waals surface area contributed by atoms with E-state index in [1.165, 1.54) is 6.42 Å². The van der Waals surface area contributed by atoms with Gasteiger partial charge in [-0.1, -0.05) is 0 Å². The van der Waals surface area contributed by atoms with Crippen LogP contribution < -0.4 is 5.32 Å². The molecule has 2 fully saturated rings. The van der Waals surface area contributed by atoms with Crippen molar-refractivity contribution in [2.24, 2.45) is 5.92 Å². The SMILES string of the molecule is CNCCC1CC2CC[C@@H](C1)N2C(=O)OC(C)(C)C. The third kappa shape index (κ3) is 3.62.